The van der Waals surface area contributed by atoms with Crippen molar-refractivity contribution in [2.75, 3.05) is 57.7 Å². The van der Waals surface area contributed by atoms with Crippen LogP contribution in [0.1, 0.15) is 44.8 Å². The van der Waals surface area contributed by atoms with E-state index in [0.717, 1.165) is 68.9 Å². The lowest BCUT2D eigenvalue weighted by molar-refractivity contribution is -0.117. The van der Waals surface area contributed by atoms with E-state index in [1.807, 2.05) is 36.9 Å². The van der Waals surface area contributed by atoms with Gasteiger partial charge in [0.05, 0.1) is 13.1 Å². The number of aromatic nitrogens is 1. The monoisotopic (exact) mass is 451 g/mol. The van der Waals surface area contributed by atoms with Crippen molar-refractivity contribution in [1.29, 1.82) is 0 Å². The minimum Gasteiger partial charge on any atom is -0.356 e. The van der Waals surface area contributed by atoms with Crippen LogP contribution in [0.25, 0.3) is 0 Å². The molecule has 0 saturated carbocycles. The molecule has 176 valence electrons. The molecule has 8 heteroatoms. The van der Waals surface area contributed by atoms with Gasteiger partial charge in [-0.2, -0.15) is 0 Å². The summed E-state index contributed by atoms with van der Waals surface area (Å²) in [5, 5.41) is 3.04. The number of nitrogens with one attached hydrogen (secondary N) is 2. The van der Waals surface area contributed by atoms with Gasteiger partial charge in [-0.3, -0.25) is 24.2 Å². The molecule has 0 radical (unpaired) electrons. The molecule has 2 aromatic rings. The number of aryl methyl sites for hydroxylation is 2. The number of hydrogen-bond acceptors (Lipinski definition) is 5. The first-order valence-corrected chi connectivity index (χ1v) is 11.7. The summed E-state index contributed by atoms with van der Waals surface area (Å²) in [5.74, 6) is -0.0354. The van der Waals surface area contributed by atoms with Crippen LogP contribution in [0.2, 0.25) is 0 Å². The fourth-order valence-electron chi connectivity index (χ4n) is 4.56. The van der Waals surface area contributed by atoms with E-state index in [4.69, 9.17) is 0 Å². The van der Waals surface area contributed by atoms with Gasteiger partial charge in [0, 0.05) is 56.7 Å². The summed E-state index contributed by atoms with van der Waals surface area (Å²) in [6.07, 6.45) is 3.72. The summed E-state index contributed by atoms with van der Waals surface area (Å²) in [6, 6.07) is 7.65. The third-order valence-electron chi connectivity index (χ3n) is 6.57. The second-order valence-corrected chi connectivity index (χ2v) is 9.09. The van der Waals surface area contributed by atoms with Gasteiger partial charge in [0.15, 0.2) is 5.78 Å². The second kappa shape index (κ2) is 10.3. The highest BCUT2D eigenvalue weighted by atomic mass is 16.2. The van der Waals surface area contributed by atoms with Crippen LogP contribution in [0.15, 0.2) is 30.5 Å². The summed E-state index contributed by atoms with van der Waals surface area (Å²) >= 11 is 0. The Hall–Kier alpha value is -2.97. The molecular formula is C25H33N5O3. The predicted octanol–water partition coefficient (Wildman–Crippen LogP) is 2.31. The molecule has 4 rings (SSSR count). The molecule has 0 spiro atoms. The number of para-hydroxylation sites is 1. The van der Waals surface area contributed by atoms with E-state index in [-0.39, 0.29) is 17.6 Å². The van der Waals surface area contributed by atoms with E-state index in [0.29, 0.717) is 24.3 Å². The first kappa shape index (κ1) is 23.2. The Bertz CT molecular complexity index is 997. The van der Waals surface area contributed by atoms with Gasteiger partial charge in [-0.15, -0.1) is 0 Å². The van der Waals surface area contributed by atoms with Crippen molar-refractivity contribution in [3.63, 3.8) is 0 Å². The second-order valence-electron chi connectivity index (χ2n) is 9.09. The molecule has 2 amide bonds. The molecule has 2 N–H and O–H groups in total. The normalized spacial score (nSPS) is 17.3. The number of aromatic amines is 1. The number of rotatable bonds is 7. The molecule has 2 saturated heterocycles. The van der Waals surface area contributed by atoms with E-state index >= 15 is 0 Å². The lowest BCUT2D eigenvalue weighted by Gasteiger charge is -2.33. The molecule has 3 heterocycles. The SMILES string of the molecule is Cc1cccc(C)c1NC(=O)CN1CCN(CC(=O)c2c[nH]c(C(=O)N3CCCC3)c2)CC1. The first-order valence-electron chi connectivity index (χ1n) is 11.7. The van der Waals surface area contributed by atoms with Crippen LogP contribution in [-0.4, -0.2) is 89.6 Å². The van der Waals surface area contributed by atoms with Gasteiger partial charge in [-0.05, 0) is 43.9 Å². The van der Waals surface area contributed by atoms with E-state index in [9.17, 15) is 14.4 Å². The van der Waals surface area contributed by atoms with Gasteiger partial charge < -0.3 is 15.2 Å². The molecule has 33 heavy (non-hydrogen) atoms. The zero-order chi connectivity index (χ0) is 23.4. The van der Waals surface area contributed by atoms with Crippen molar-refractivity contribution in [3.8, 4) is 0 Å². The largest absolute Gasteiger partial charge is 0.356 e. The Morgan fingerprint density at radius 1 is 0.909 bits per heavy atom. The number of ketones is 1. The number of nitrogens with zero attached hydrogens (tertiary/aromatic N) is 3. The Labute approximate surface area is 194 Å². The molecule has 1 aromatic heterocycles. The van der Waals surface area contributed by atoms with Crippen LogP contribution in [0.4, 0.5) is 5.69 Å². The van der Waals surface area contributed by atoms with E-state index in [1.54, 1.807) is 12.3 Å². The summed E-state index contributed by atoms with van der Waals surface area (Å²) in [6.45, 7) is 9.15. The van der Waals surface area contributed by atoms with Gasteiger partial charge in [0.2, 0.25) is 5.91 Å². The molecule has 0 atom stereocenters. The fourth-order valence-corrected chi connectivity index (χ4v) is 4.56. The minimum atomic E-state index is -0.0284. The third kappa shape index (κ3) is 5.69. The summed E-state index contributed by atoms with van der Waals surface area (Å²) < 4.78 is 0. The van der Waals surface area contributed by atoms with Crippen LogP contribution in [0.3, 0.4) is 0 Å². The number of carbonyl (C=O) groups is 3. The van der Waals surface area contributed by atoms with E-state index in [2.05, 4.69) is 20.1 Å². The highest BCUT2D eigenvalue weighted by molar-refractivity contribution is 6.01. The van der Waals surface area contributed by atoms with Crippen LogP contribution in [0, 0.1) is 13.8 Å². The number of anilines is 1. The number of hydrogen-bond donors (Lipinski definition) is 2. The quantitative estimate of drug-likeness (QED) is 0.631. The molecule has 0 bridgehead atoms. The van der Waals surface area contributed by atoms with Crippen molar-refractivity contribution >= 4 is 23.3 Å². The summed E-state index contributed by atoms with van der Waals surface area (Å²) in [4.78, 5) is 46.8. The van der Waals surface area contributed by atoms with Gasteiger partial charge in [0.1, 0.15) is 5.69 Å². The first-order chi connectivity index (χ1) is 15.9. The van der Waals surface area contributed by atoms with Crippen LogP contribution in [0.5, 0.6) is 0 Å². The number of Topliss-reactive ketones (excluding diaryl/α,β-unsaturated/α-hetero) is 1. The number of benzene rings is 1. The van der Waals surface area contributed by atoms with Crippen LogP contribution in [-0.2, 0) is 4.79 Å². The summed E-state index contributed by atoms with van der Waals surface area (Å²) in [5.41, 5.74) is 4.04. The highest BCUT2D eigenvalue weighted by Crippen LogP contribution is 2.19. The van der Waals surface area contributed by atoms with Crippen LogP contribution < -0.4 is 5.32 Å². The van der Waals surface area contributed by atoms with Gasteiger partial charge in [-0.25, -0.2) is 0 Å². The Kier molecular flexibility index (Phi) is 7.25. The standard InChI is InChI=1S/C25H33N5O3/c1-18-6-5-7-19(2)24(18)27-23(32)17-29-12-10-28(11-13-29)16-22(31)20-14-21(26-15-20)25(33)30-8-3-4-9-30/h5-7,14-15,26H,3-4,8-13,16-17H2,1-2H3,(H,27,32). The molecule has 0 aliphatic carbocycles. The molecule has 2 aliphatic rings. The Balaban J connectivity index is 1.23. The van der Waals surface area contributed by atoms with Crippen molar-refractivity contribution in [1.82, 2.24) is 19.7 Å². The maximum absolute atomic E-state index is 12.7. The maximum Gasteiger partial charge on any atom is 0.270 e. The fraction of sp³-hybridized carbons (Fsp3) is 0.480. The minimum absolute atomic E-state index is 0.00735. The Morgan fingerprint density at radius 3 is 2.15 bits per heavy atom. The molecule has 8 nitrogen and oxygen atoms in total. The zero-order valence-corrected chi connectivity index (χ0v) is 19.5. The van der Waals surface area contributed by atoms with Gasteiger partial charge in [-0.1, -0.05) is 18.2 Å². The van der Waals surface area contributed by atoms with Crippen molar-refractivity contribution in [2.24, 2.45) is 0 Å². The number of carbonyl (C=O) groups excluding carboxylic acids is 3. The van der Waals surface area contributed by atoms with Crippen molar-refractivity contribution in [3.05, 3.63) is 52.8 Å². The molecular weight excluding hydrogens is 418 g/mol. The predicted molar refractivity (Wildman–Crippen MR) is 128 cm³/mol. The average molecular weight is 452 g/mol. The highest BCUT2D eigenvalue weighted by Gasteiger charge is 2.24. The topological polar surface area (TPSA) is 88.7 Å². The smallest absolute Gasteiger partial charge is 0.270 e. The van der Waals surface area contributed by atoms with Crippen molar-refractivity contribution in [2.45, 2.75) is 26.7 Å². The molecule has 2 aliphatic heterocycles. The summed E-state index contributed by atoms with van der Waals surface area (Å²) in [7, 11) is 0. The van der Waals surface area contributed by atoms with Crippen molar-refractivity contribution < 1.29 is 14.4 Å². The van der Waals surface area contributed by atoms with Crippen LogP contribution >= 0.6 is 0 Å². The number of piperazine rings is 1. The third-order valence-corrected chi connectivity index (χ3v) is 6.57. The molecule has 2 fully saturated rings. The van der Waals surface area contributed by atoms with E-state index < -0.39 is 0 Å². The number of likely N-dealkylation sites (tertiary alicyclic amines) is 1. The number of H-pyrrole nitrogens is 1. The number of amides is 2. The molecule has 0 unspecified atom stereocenters. The zero-order valence-electron chi connectivity index (χ0n) is 19.5. The van der Waals surface area contributed by atoms with Gasteiger partial charge in [0.25, 0.3) is 5.91 Å². The maximum atomic E-state index is 12.7. The average Bonchev–Trinajstić information content (AvgIpc) is 3.50. The van der Waals surface area contributed by atoms with Gasteiger partial charge >= 0.3 is 0 Å². The van der Waals surface area contributed by atoms with E-state index in [1.165, 1.54) is 0 Å². The lowest BCUT2D eigenvalue weighted by Crippen LogP contribution is -2.49. The molecule has 1 aromatic carbocycles. The Morgan fingerprint density at radius 2 is 1.52 bits per heavy atom. The lowest BCUT2D eigenvalue weighted by atomic mass is 10.1.